The van der Waals surface area contributed by atoms with Gasteiger partial charge < -0.3 is 4.98 Å². The number of aryl methyl sites for hydroxylation is 1. The number of halogens is 4. The fourth-order valence-electron chi connectivity index (χ4n) is 1.67. The predicted octanol–water partition coefficient (Wildman–Crippen LogP) is 3.69. The normalized spacial score (nSPS) is 11.6. The molecule has 106 valence electrons. The molecule has 0 spiro atoms. The van der Waals surface area contributed by atoms with E-state index in [0.717, 1.165) is 0 Å². The molecule has 2 aromatic rings. The van der Waals surface area contributed by atoms with Crippen LogP contribution in [0, 0.1) is 0 Å². The molecule has 1 aromatic heterocycles. The summed E-state index contributed by atoms with van der Waals surface area (Å²) >= 11 is 3.11. The van der Waals surface area contributed by atoms with E-state index in [-0.39, 0.29) is 16.7 Å². The molecule has 0 saturated carbocycles. The fraction of sp³-hybridized carbons (Fsp3) is 0.231. The molecule has 1 heterocycles. The van der Waals surface area contributed by atoms with E-state index in [0.29, 0.717) is 11.3 Å². The molecule has 0 aliphatic rings. The number of benzene rings is 1. The third-order valence-corrected chi connectivity index (χ3v) is 3.34. The molecule has 0 bridgehead atoms. The zero-order valence-electron chi connectivity index (χ0n) is 10.2. The highest BCUT2D eigenvalue weighted by molar-refractivity contribution is 9.10. The van der Waals surface area contributed by atoms with E-state index in [9.17, 15) is 18.0 Å². The summed E-state index contributed by atoms with van der Waals surface area (Å²) in [5.41, 5.74) is 0.515. The Kier molecular flexibility index (Phi) is 4.27. The van der Waals surface area contributed by atoms with E-state index >= 15 is 0 Å². The maximum absolute atomic E-state index is 12.2. The Bertz CT molecular complexity index is 653. The molecule has 0 amide bonds. The van der Waals surface area contributed by atoms with Gasteiger partial charge in [0.1, 0.15) is 10.3 Å². The Hall–Kier alpha value is -1.63. The smallest absolute Gasteiger partial charge is 0.310 e. The number of nitrogens with zero attached hydrogens (tertiary/aromatic N) is 1. The summed E-state index contributed by atoms with van der Waals surface area (Å²) in [6.07, 6.45) is -5.66. The second-order valence-corrected chi connectivity index (χ2v) is 4.95. The topological polar surface area (TPSA) is 45.8 Å². The molecular weight excluding hydrogens is 337 g/mol. The van der Waals surface area contributed by atoms with Crippen molar-refractivity contribution in [2.45, 2.75) is 19.0 Å². The third-order valence-electron chi connectivity index (χ3n) is 2.60. The summed E-state index contributed by atoms with van der Waals surface area (Å²) in [5, 5.41) is 0. The van der Waals surface area contributed by atoms with Gasteiger partial charge in [0.05, 0.1) is 12.1 Å². The minimum absolute atomic E-state index is 0.0226. The SMILES string of the molecule is O=c1[nH]c(CCC(F)(F)F)nc(-c2ccccc2)c1Br. The van der Waals surface area contributed by atoms with Crippen LogP contribution in [0.1, 0.15) is 12.2 Å². The van der Waals surface area contributed by atoms with Crippen LogP contribution in [0.15, 0.2) is 39.6 Å². The van der Waals surface area contributed by atoms with Gasteiger partial charge in [-0.2, -0.15) is 13.2 Å². The Morgan fingerprint density at radius 3 is 2.45 bits per heavy atom. The van der Waals surface area contributed by atoms with Gasteiger partial charge in [0.15, 0.2) is 0 Å². The standard InChI is InChI=1S/C13H10BrF3N2O/c14-10-11(8-4-2-1-3-5-8)18-9(19-12(10)20)6-7-13(15,16)17/h1-5H,6-7H2,(H,18,19,20). The summed E-state index contributed by atoms with van der Waals surface area (Å²) in [4.78, 5) is 18.2. The molecule has 0 aliphatic heterocycles. The predicted molar refractivity (Wildman–Crippen MR) is 72.4 cm³/mol. The number of hydrogen-bond donors (Lipinski definition) is 1. The van der Waals surface area contributed by atoms with Gasteiger partial charge in [-0.1, -0.05) is 30.3 Å². The van der Waals surface area contributed by atoms with Gasteiger partial charge >= 0.3 is 6.18 Å². The van der Waals surface area contributed by atoms with E-state index in [1.54, 1.807) is 30.3 Å². The van der Waals surface area contributed by atoms with Crippen molar-refractivity contribution in [2.24, 2.45) is 0 Å². The second-order valence-electron chi connectivity index (χ2n) is 4.16. The maximum atomic E-state index is 12.2. The molecule has 1 N–H and O–H groups in total. The van der Waals surface area contributed by atoms with Crippen molar-refractivity contribution in [1.82, 2.24) is 9.97 Å². The molecule has 0 radical (unpaired) electrons. The first-order valence-electron chi connectivity index (χ1n) is 5.78. The van der Waals surface area contributed by atoms with Gasteiger partial charge in [-0.25, -0.2) is 4.98 Å². The monoisotopic (exact) mass is 346 g/mol. The van der Waals surface area contributed by atoms with Gasteiger partial charge in [-0.05, 0) is 15.9 Å². The van der Waals surface area contributed by atoms with Gasteiger partial charge in [-0.15, -0.1) is 0 Å². The van der Waals surface area contributed by atoms with Crippen LogP contribution in [-0.4, -0.2) is 16.1 Å². The molecule has 0 saturated heterocycles. The van der Waals surface area contributed by atoms with Gasteiger partial charge in [-0.3, -0.25) is 4.79 Å². The fourth-order valence-corrected chi connectivity index (χ4v) is 2.09. The van der Waals surface area contributed by atoms with Crippen molar-refractivity contribution in [3.8, 4) is 11.3 Å². The van der Waals surface area contributed by atoms with Crippen LogP contribution in [0.5, 0.6) is 0 Å². The molecule has 0 unspecified atom stereocenters. The molecule has 20 heavy (non-hydrogen) atoms. The Morgan fingerprint density at radius 2 is 1.85 bits per heavy atom. The Morgan fingerprint density at radius 1 is 1.20 bits per heavy atom. The molecule has 7 heteroatoms. The van der Waals surface area contributed by atoms with Crippen LogP contribution in [0.25, 0.3) is 11.3 Å². The van der Waals surface area contributed by atoms with Crippen LogP contribution in [0.2, 0.25) is 0 Å². The van der Waals surface area contributed by atoms with Crippen molar-refractivity contribution in [3.63, 3.8) is 0 Å². The number of aromatic nitrogens is 2. The number of nitrogens with one attached hydrogen (secondary N) is 1. The largest absolute Gasteiger partial charge is 0.389 e. The minimum Gasteiger partial charge on any atom is -0.310 e. The number of hydrogen-bond acceptors (Lipinski definition) is 2. The summed E-state index contributed by atoms with van der Waals surface area (Å²) in [7, 11) is 0. The third kappa shape index (κ3) is 3.69. The average Bonchev–Trinajstić information content (AvgIpc) is 2.40. The highest BCUT2D eigenvalue weighted by Gasteiger charge is 2.27. The van der Waals surface area contributed by atoms with Crippen molar-refractivity contribution in [2.75, 3.05) is 0 Å². The highest BCUT2D eigenvalue weighted by Crippen LogP contribution is 2.25. The van der Waals surface area contributed by atoms with Crippen molar-refractivity contribution in [1.29, 1.82) is 0 Å². The lowest BCUT2D eigenvalue weighted by molar-refractivity contribution is -0.134. The molecule has 0 atom stereocenters. The Labute approximate surface area is 121 Å². The zero-order valence-corrected chi connectivity index (χ0v) is 11.8. The first kappa shape index (κ1) is 14.8. The van der Waals surface area contributed by atoms with Crippen LogP contribution in [-0.2, 0) is 6.42 Å². The van der Waals surface area contributed by atoms with E-state index < -0.39 is 18.2 Å². The quantitative estimate of drug-likeness (QED) is 0.920. The van der Waals surface area contributed by atoms with Crippen molar-refractivity contribution in [3.05, 3.63) is 51.0 Å². The van der Waals surface area contributed by atoms with E-state index in [2.05, 4.69) is 25.9 Å². The summed E-state index contributed by atoms with van der Waals surface area (Å²) < 4.78 is 36.9. The second kappa shape index (κ2) is 5.78. The molecule has 3 nitrogen and oxygen atoms in total. The summed E-state index contributed by atoms with van der Waals surface area (Å²) in [5.74, 6) is 0.0226. The van der Waals surface area contributed by atoms with E-state index in [4.69, 9.17) is 0 Å². The van der Waals surface area contributed by atoms with Crippen molar-refractivity contribution >= 4 is 15.9 Å². The highest BCUT2D eigenvalue weighted by atomic mass is 79.9. The van der Waals surface area contributed by atoms with Crippen molar-refractivity contribution < 1.29 is 13.2 Å². The average molecular weight is 347 g/mol. The molecular formula is C13H10BrF3N2O. The summed E-state index contributed by atoms with van der Waals surface area (Å²) in [6, 6.07) is 8.80. The molecule has 1 aromatic carbocycles. The first-order chi connectivity index (χ1) is 9.37. The lowest BCUT2D eigenvalue weighted by atomic mass is 10.1. The minimum atomic E-state index is -4.28. The molecule has 0 aliphatic carbocycles. The van der Waals surface area contributed by atoms with Crippen LogP contribution >= 0.6 is 15.9 Å². The zero-order chi connectivity index (χ0) is 14.8. The maximum Gasteiger partial charge on any atom is 0.389 e. The van der Waals surface area contributed by atoms with E-state index in [1.165, 1.54) is 0 Å². The van der Waals surface area contributed by atoms with Gasteiger partial charge in [0.2, 0.25) is 0 Å². The lowest BCUT2D eigenvalue weighted by Crippen LogP contribution is -2.16. The number of alkyl halides is 3. The Balaban J connectivity index is 2.38. The first-order valence-corrected chi connectivity index (χ1v) is 6.57. The number of H-pyrrole nitrogens is 1. The van der Waals surface area contributed by atoms with Gasteiger partial charge in [0.25, 0.3) is 5.56 Å². The van der Waals surface area contributed by atoms with Gasteiger partial charge in [0, 0.05) is 12.0 Å². The number of aromatic amines is 1. The van der Waals surface area contributed by atoms with Crippen LogP contribution in [0.3, 0.4) is 0 Å². The van der Waals surface area contributed by atoms with Crippen LogP contribution in [0.4, 0.5) is 13.2 Å². The summed E-state index contributed by atoms with van der Waals surface area (Å²) in [6.45, 7) is 0. The van der Waals surface area contributed by atoms with E-state index in [1.807, 2.05) is 0 Å². The lowest BCUT2D eigenvalue weighted by Gasteiger charge is -2.08. The number of rotatable bonds is 3. The van der Waals surface area contributed by atoms with Crippen LogP contribution < -0.4 is 5.56 Å². The molecule has 0 fully saturated rings. The molecule has 2 rings (SSSR count).